The Kier molecular flexibility index (Phi) is 4.32. The normalized spacial score (nSPS) is 22.0. The van der Waals surface area contributed by atoms with Crippen molar-refractivity contribution in [3.8, 4) is 5.75 Å². The number of benzene rings is 1. The molecule has 1 aromatic carbocycles. The van der Waals surface area contributed by atoms with E-state index in [9.17, 15) is 14.7 Å². The number of carboxylic acids is 1. The zero-order chi connectivity index (χ0) is 15.5. The summed E-state index contributed by atoms with van der Waals surface area (Å²) in [6, 6.07) is 6.41. The van der Waals surface area contributed by atoms with Gasteiger partial charge in [0.05, 0.1) is 6.10 Å². The van der Waals surface area contributed by atoms with E-state index in [1.165, 1.54) is 17.7 Å². The van der Waals surface area contributed by atoms with E-state index in [4.69, 9.17) is 4.74 Å². The van der Waals surface area contributed by atoms with Gasteiger partial charge in [-0.25, -0.2) is 4.79 Å². The van der Waals surface area contributed by atoms with E-state index in [0.717, 1.165) is 19.3 Å². The molecule has 1 amide bonds. The molecule has 5 heteroatoms. The number of rotatable bonds is 4. The maximum Gasteiger partial charge on any atom is 0.326 e. The van der Waals surface area contributed by atoms with Gasteiger partial charge < -0.3 is 14.7 Å². The van der Waals surface area contributed by atoms with Crippen molar-refractivity contribution in [1.29, 1.82) is 0 Å². The van der Waals surface area contributed by atoms with Crippen LogP contribution >= 0.6 is 0 Å². The molecule has 1 N–H and O–H groups in total. The largest absolute Gasteiger partial charge is 0.490 e. The lowest BCUT2D eigenvalue weighted by molar-refractivity contribution is -0.141. The first kappa shape index (κ1) is 14.9. The van der Waals surface area contributed by atoms with E-state index in [1.54, 1.807) is 18.2 Å². The Hall–Kier alpha value is -2.04. The first-order valence-electron chi connectivity index (χ1n) is 7.95. The molecular weight excluding hydrogens is 282 g/mol. The SMILES string of the molecule is O=C(O)[C@@H]1CCCN1C(=O)c1cccc(OC2CCCC2)c1. The molecule has 1 aliphatic carbocycles. The molecule has 2 aliphatic rings. The Morgan fingerprint density at radius 2 is 1.91 bits per heavy atom. The quantitative estimate of drug-likeness (QED) is 0.928. The fourth-order valence-corrected chi connectivity index (χ4v) is 3.33. The lowest BCUT2D eigenvalue weighted by atomic mass is 10.1. The Balaban J connectivity index is 1.73. The van der Waals surface area contributed by atoms with Crippen LogP contribution in [0.25, 0.3) is 0 Å². The number of hydrogen-bond acceptors (Lipinski definition) is 3. The number of carbonyl (C=O) groups excluding carboxylic acids is 1. The van der Waals surface area contributed by atoms with E-state index in [-0.39, 0.29) is 12.0 Å². The smallest absolute Gasteiger partial charge is 0.326 e. The predicted octanol–water partition coefficient (Wildman–Crippen LogP) is 2.70. The molecule has 3 rings (SSSR count). The van der Waals surface area contributed by atoms with E-state index in [0.29, 0.717) is 24.3 Å². The molecule has 1 atom stereocenters. The van der Waals surface area contributed by atoms with Gasteiger partial charge >= 0.3 is 5.97 Å². The van der Waals surface area contributed by atoms with Crippen LogP contribution in [0.4, 0.5) is 0 Å². The highest BCUT2D eigenvalue weighted by atomic mass is 16.5. The summed E-state index contributed by atoms with van der Waals surface area (Å²) in [5.41, 5.74) is 0.503. The van der Waals surface area contributed by atoms with E-state index < -0.39 is 12.0 Å². The zero-order valence-corrected chi connectivity index (χ0v) is 12.5. The molecular formula is C17H21NO4. The second-order valence-corrected chi connectivity index (χ2v) is 6.05. The molecule has 2 fully saturated rings. The minimum Gasteiger partial charge on any atom is -0.490 e. The molecule has 1 heterocycles. The topological polar surface area (TPSA) is 66.8 Å². The van der Waals surface area contributed by atoms with Crippen molar-refractivity contribution in [2.24, 2.45) is 0 Å². The lowest BCUT2D eigenvalue weighted by Crippen LogP contribution is -2.40. The minimum absolute atomic E-state index is 0.221. The Morgan fingerprint density at radius 3 is 2.64 bits per heavy atom. The number of likely N-dealkylation sites (tertiary alicyclic amines) is 1. The molecule has 1 saturated heterocycles. The second-order valence-electron chi connectivity index (χ2n) is 6.05. The van der Waals surface area contributed by atoms with Crippen LogP contribution in [0.1, 0.15) is 48.9 Å². The van der Waals surface area contributed by atoms with E-state index >= 15 is 0 Å². The lowest BCUT2D eigenvalue weighted by Gasteiger charge is -2.22. The first-order chi connectivity index (χ1) is 10.6. The van der Waals surface area contributed by atoms with Crippen LogP contribution in [-0.4, -0.2) is 40.6 Å². The summed E-state index contributed by atoms with van der Waals surface area (Å²) in [6.07, 6.45) is 6.01. The van der Waals surface area contributed by atoms with Gasteiger partial charge in [-0.3, -0.25) is 4.79 Å². The summed E-state index contributed by atoms with van der Waals surface area (Å²) in [4.78, 5) is 25.2. The highest BCUT2D eigenvalue weighted by Gasteiger charge is 2.34. The standard InChI is InChI=1S/C17H21NO4/c19-16(18-10-4-9-15(18)17(20)21)12-5-3-8-14(11-12)22-13-6-1-2-7-13/h3,5,8,11,13,15H,1-2,4,6-7,9-10H2,(H,20,21)/t15-/m0/s1. The van der Waals surface area contributed by atoms with Crippen LogP contribution in [0.5, 0.6) is 5.75 Å². The second kappa shape index (κ2) is 6.38. The molecule has 118 valence electrons. The maximum absolute atomic E-state index is 12.6. The highest BCUT2D eigenvalue weighted by Crippen LogP contribution is 2.26. The van der Waals surface area contributed by atoms with Gasteiger partial charge in [0.25, 0.3) is 5.91 Å². The number of hydrogen-bond donors (Lipinski definition) is 1. The summed E-state index contributed by atoms with van der Waals surface area (Å²) in [5, 5.41) is 9.21. The number of carbonyl (C=O) groups is 2. The zero-order valence-electron chi connectivity index (χ0n) is 12.5. The van der Waals surface area contributed by atoms with Crippen molar-refractivity contribution in [2.45, 2.75) is 50.7 Å². The Labute approximate surface area is 129 Å². The van der Waals surface area contributed by atoms with Crippen LogP contribution in [0.15, 0.2) is 24.3 Å². The van der Waals surface area contributed by atoms with Gasteiger partial charge in [-0.05, 0) is 56.7 Å². The molecule has 0 spiro atoms. The summed E-state index contributed by atoms with van der Waals surface area (Å²) >= 11 is 0. The molecule has 5 nitrogen and oxygen atoms in total. The van der Waals surface area contributed by atoms with Crippen molar-refractivity contribution in [3.05, 3.63) is 29.8 Å². The summed E-state index contributed by atoms with van der Waals surface area (Å²) in [5.74, 6) is -0.449. The molecule has 0 radical (unpaired) electrons. The van der Waals surface area contributed by atoms with Crippen LogP contribution in [0.3, 0.4) is 0 Å². The fourth-order valence-electron chi connectivity index (χ4n) is 3.33. The van der Waals surface area contributed by atoms with E-state index in [1.807, 2.05) is 6.07 Å². The van der Waals surface area contributed by atoms with Gasteiger partial charge in [-0.1, -0.05) is 6.07 Å². The third-order valence-corrected chi connectivity index (χ3v) is 4.48. The number of nitrogens with zero attached hydrogens (tertiary/aromatic N) is 1. The van der Waals surface area contributed by atoms with Crippen molar-refractivity contribution < 1.29 is 19.4 Å². The Bertz CT molecular complexity index is 566. The summed E-state index contributed by atoms with van der Waals surface area (Å²) in [7, 11) is 0. The summed E-state index contributed by atoms with van der Waals surface area (Å²) in [6.45, 7) is 0.503. The Morgan fingerprint density at radius 1 is 1.14 bits per heavy atom. The van der Waals surface area contributed by atoms with Crippen molar-refractivity contribution in [2.75, 3.05) is 6.54 Å². The monoisotopic (exact) mass is 303 g/mol. The minimum atomic E-state index is -0.927. The van der Waals surface area contributed by atoms with Crippen molar-refractivity contribution in [3.63, 3.8) is 0 Å². The van der Waals surface area contributed by atoms with Crippen LogP contribution < -0.4 is 4.74 Å². The molecule has 1 aromatic rings. The van der Waals surface area contributed by atoms with Crippen LogP contribution in [0, 0.1) is 0 Å². The van der Waals surface area contributed by atoms with Gasteiger partial charge in [0, 0.05) is 12.1 Å². The molecule has 0 unspecified atom stereocenters. The van der Waals surface area contributed by atoms with Crippen molar-refractivity contribution in [1.82, 2.24) is 4.90 Å². The molecule has 0 bridgehead atoms. The number of ether oxygens (including phenoxy) is 1. The van der Waals surface area contributed by atoms with Crippen LogP contribution in [-0.2, 0) is 4.79 Å². The first-order valence-corrected chi connectivity index (χ1v) is 7.95. The van der Waals surface area contributed by atoms with Gasteiger partial charge in [-0.2, -0.15) is 0 Å². The van der Waals surface area contributed by atoms with E-state index in [2.05, 4.69) is 0 Å². The maximum atomic E-state index is 12.6. The third kappa shape index (κ3) is 3.08. The molecule has 0 aromatic heterocycles. The average molecular weight is 303 g/mol. The van der Waals surface area contributed by atoms with Gasteiger partial charge in [0.2, 0.25) is 0 Å². The fraction of sp³-hybridized carbons (Fsp3) is 0.529. The van der Waals surface area contributed by atoms with Crippen molar-refractivity contribution >= 4 is 11.9 Å². The van der Waals surface area contributed by atoms with Gasteiger partial charge in [-0.15, -0.1) is 0 Å². The van der Waals surface area contributed by atoms with Gasteiger partial charge in [0.15, 0.2) is 0 Å². The van der Waals surface area contributed by atoms with Gasteiger partial charge in [0.1, 0.15) is 11.8 Å². The average Bonchev–Trinajstić information content (AvgIpc) is 3.17. The third-order valence-electron chi connectivity index (χ3n) is 4.48. The number of carboxylic acid groups (broad SMARTS) is 1. The summed E-state index contributed by atoms with van der Waals surface area (Å²) < 4.78 is 5.92. The predicted molar refractivity (Wildman–Crippen MR) is 81.0 cm³/mol. The molecule has 22 heavy (non-hydrogen) atoms. The number of aliphatic carboxylic acids is 1. The van der Waals surface area contributed by atoms with Crippen LogP contribution in [0.2, 0.25) is 0 Å². The molecule has 1 aliphatic heterocycles. The molecule has 1 saturated carbocycles. The number of amides is 1. The highest BCUT2D eigenvalue weighted by molar-refractivity contribution is 5.97.